The first kappa shape index (κ1) is 17.1. The quantitative estimate of drug-likeness (QED) is 0.669. The van der Waals surface area contributed by atoms with E-state index in [1.165, 1.54) is 12.3 Å². The van der Waals surface area contributed by atoms with Gasteiger partial charge in [0, 0.05) is 30.5 Å². The molecule has 3 rings (SSSR count). The number of fused-ring (bicyclic) bond motifs is 1. The third-order valence-electron chi connectivity index (χ3n) is 3.69. The van der Waals surface area contributed by atoms with Crippen molar-refractivity contribution in [3.63, 3.8) is 0 Å². The Morgan fingerprint density at radius 2 is 2.20 bits per heavy atom. The Morgan fingerprint density at radius 3 is 2.88 bits per heavy atom. The monoisotopic (exact) mass is 360 g/mol. The molecule has 128 valence electrons. The maximum Gasteiger partial charge on any atom is 0.343 e. The number of carbonyl (C=O) groups excluding carboxylic acids is 1. The zero-order valence-corrected chi connectivity index (χ0v) is 14.1. The molecule has 0 atom stereocenters. The van der Waals surface area contributed by atoms with E-state index >= 15 is 0 Å². The smallest absolute Gasteiger partial charge is 0.343 e. The molecule has 0 fully saturated rings. The number of pyridine rings is 2. The number of nitrogens with zero attached hydrogens (tertiary/aromatic N) is 2. The Morgan fingerprint density at radius 1 is 1.40 bits per heavy atom. The highest BCUT2D eigenvalue weighted by Crippen LogP contribution is 2.22. The van der Waals surface area contributed by atoms with E-state index in [-0.39, 0.29) is 22.6 Å². The molecular weight excluding hydrogens is 347 g/mol. The number of esters is 1. The van der Waals surface area contributed by atoms with Gasteiger partial charge in [-0.25, -0.2) is 9.18 Å². The average Bonchev–Trinajstić information content (AvgIpc) is 2.60. The van der Waals surface area contributed by atoms with Gasteiger partial charge in [-0.1, -0.05) is 17.7 Å². The highest BCUT2D eigenvalue weighted by atomic mass is 35.5. The first-order chi connectivity index (χ1) is 12.0. The van der Waals surface area contributed by atoms with E-state index in [1.54, 1.807) is 30.0 Å². The molecule has 0 aliphatic carbocycles. The Kier molecular flexibility index (Phi) is 4.81. The minimum absolute atomic E-state index is 0.0661. The third kappa shape index (κ3) is 3.39. The van der Waals surface area contributed by atoms with Gasteiger partial charge in [0.2, 0.25) is 5.43 Å². The van der Waals surface area contributed by atoms with Gasteiger partial charge in [-0.3, -0.25) is 9.78 Å². The summed E-state index contributed by atoms with van der Waals surface area (Å²) in [6, 6.07) is 6.05. The minimum Gasteiger partial charge on any atom is -0.462 e. The summed E-state index contributed by atoms with van der Waals surface area (Å²) < 4.78 is 20.5. The van der Waals surface area contributed by atoms with Gasteiger partial charge in [-0.15, -0.1) is 0 Å². The highest BCUT2D eigenvalue weighted by molar-refractivity contribution is 6.31. The lowest BCUT2D eigenvalue weighted by Crippen LogP contribution is -2.21. The van der Waals surface area contributed by atoms with Crippen LogP contribution in [-0.2, 0) is 11.3 Å². The molecule has 0 aliphatic heterocycles. The molecule has 0 bridgehead atoms. The topological polar surface area (TPSA) is 61.2 Å². The van der Waals surface area contributed by atoms with E-state index < -0.39 is 17.2 Å². The van der Waals surface area contributed by atoms with Gasteiger partial charge in [0.15, 0.2) is 0 Å². The molecule has 0 radical (unpaired) electrons. The van der Waals surface area contributed by atoms with Crippen LogP contribution in [0.5, 0.6) is 0 Å². The number of benzene rings is 1. The average molecular weight is 361 g/mol. The third-order valence-corrected chi connectivity index (χ3v) is 3.98. The summed E-state index contributed by atoms with van der Waals surface area (Å²) in [7, 11) is 0. The molecule has 0 saturated carbocycles. The highest BCUT2D eigenvalue weighted by Gasteiger charge is 2.18. The Hall–Kier alpha value is -2.73. The van der Waals surface area contributed by atoms with Crippen LogP contribution in [0, 0.1) is 5.82 Å². The lowest BCUT2D eigenvalue weighted by atomic mass is 10.1. The normalized spacial score (nSPS) is 10.8. The second-order valence-corrected chi connectivity index (χ2v) is 5.77. The summed E-state index contributed by atoms with van der Waals surface area (Å²) in [6.45, 7) is 2.11. The molecule has 0 aliphatic rings. The molecular formula is C18H14ClFN2O3. The summed E-state index contributed by atoms with van der Waals surface area (Å²) in [5, 5.41) is -0.0351. The second-order valence-electron chi connectivity index (χ2n) is 5.37. The minimum atomic E-state index is -0.746. The van der Waals surface area contributed by atoms with Crippen molar-refractivity contribution in [2.45, 2.75) is 13.5 Å². The molecule has 0 N–H and O–H groups in total. The van der Waals surface area contributed by atoms with Gasteiger partial charge in [0.1, 0.15) is 11.4 Å². The summed E-state index contributed by atoms with van der Waals surface area (Å²) in [5.74, 6) is -1.47. The van der Waals surface area contributed by atoms with Crippen LogP contribution < -0.4 is 5.43 Å². The van der Waals surface area contributed by atoms with Crippen molar-refractivity contribution in [2.75, 3.05) is 6.61 Å². The fourth-order valence-electron chi connectivity index (χ4n) is 2.56. The fraction of sp³-hybridized carbons (Fsp3) is 0.167. The van der Waals surface area contributed by atoms with Gasteiger partial charge >= 0.3 is 5.97 Å². The van der Waals surface area contributed by atoms with E-state index in [1.807, 2.05) is 6.07 Å². The summed E-state index contributed by atoms with van der Waals surface area (Å²) in [4.78, 5) is 28.7. The number of hydrogen-bond acceptors (Lipinski definition) is 4. The van der Waals surface area contributed by atoms with E-state index in [0.29, 0.717) is 12.1 Å². The van der Waals surface area contributed by atoms with Crippen LogP contribution in [0.25, 0.3) is 10.9 Å². The molecule has 2 aromatic heterocycles. The molecule has 3 aromatic rings. The van der Waals surface area contributed by atoms with E-state index in [0.717, 1.165) is 11.6 Å². The predicted octanol–water partition coefficient (Wildman–Crippen LogP) is 3.41. The largest absolute Gasteiger partial charge is 0.462 e. The van der Waals surface area contributed by atoms with Gasteiger partial charge in [0.05, 0.1) is 17.1 Å². The number of ether oxygens (including phenoxy) is 1. The van der Waals surface area contributed by atoms with Crippen LogP contribution in [0.2, 0.25) is 5.02 Å². The SMILES string of the molecule is CCOC(=O)c1cn(Cc2cccnc2)c2cc(Cl)c(F)cc2c1=O. The first-order valence-corrected chi connectivity index (χ1v) is 7.97. The van der Waals surface area contributed by atoms with Crippen molar-refractivity contribution in [2.24, 2.45) is 0 Å². The van der Waals surface area contributed by atoms with Crippen LogP contribution in [0.15, 0.2) is 47.7 Å². The van der Waals surface area contributed by atoms with Crippen LogP contribution in [0.3, 0.4) is 0 Å². The molecule has 25 heavy (non-hydrogen) atoms. The predicted molar refractivity (Wildman–Crippen MR) is 92.5 cm³/mol. The van der Waals surface area contributed by atoms with Crippen LogP contribution in [0.1, 0.15) is 22.8 Å². The number of carbonyl (C=O) groups is 1. The Labute approximate surface area is 147 Å². The van der Waals surface area contributed by atoms with Crippen molar-refractivity contribution in [3.8, 4) is 0 Å². The van der Waals surface area contributed by atoms with E-state index in [9.17, 15) is 14.0 Å². The number of rotatable bonds is 4. The molecule has 5 nitrogen and oxygen atoms in total. The van der Waals surface area contributed by atoms with Crippen LogP contribution in [0.4, 0.5) is 4.39 Å². The summed E-state index contributed by atoms with van der Waals surface area (Å²) in [6.07, 6.45) is 4.71. The molecule has 1 aromatic carbocycles. The van der Waals surface area contributed by atoms with Gasteiger partial charge in [-0.05, 0) is 30.7 Å². The van der Waals surface area contributed by atoms with E-state index in [2.05, 4.69) is 4.98 Å². The Bertz CT molecular complexity index is 1000. The summed E-state index contributed by atoms with van der Waals surface area (Å²) in [5.41, 5.74) is 0.530. The lowest BCUT2D eigenvalue weighted by molar-refractivity contribution is 0.0524. The number of halogens is 2. The van der Waals surface area contributed by atoms with Crippen molar-refractivity contribution in [3.05, 3.63) is 75.0 Å². The van der Waals surface area contributed by atoms with Crippen LogP contribution >= 0.6 is 11.6 Å². The molecule has 2 heterocycles. The van der Waals surface area contributed by atoms with Gasteiger partial charge in [-0.2, -0.15) is 0 Å². The molecule has 0 amide bonds. The van der Waals surface area contributed by atoms with Crippen molar-refractivity contribution in [1.29, 1.82) is 0 Å². The van der Waals surface area contributed by atoms with Crippen molar-refractivity contribution >= 4 is 28.5 Å². The number of hydrogen-bond donors (Lipinski definition) is 0. The first-order valence-electron chi connectivity index (χ1n) is 7.59. The van der Waals surface area contributed by atoms with Crippen molar-refractivity contribution in [1.82, 2.24) is 9.55 Å². The number of aromatic nitrogens is 2. The zero-order chi connectivity index (χ0) is 18.0. The van der Waals surface area contributed by atoms with Crippen LogP contribution in [-0.4, -0.2) is 22.1 Å². The lowest BCUT2D eigenvalue weighted by Gasteiger charge is -2.14. The molecule has 0 spiro atoms. The molecule has 7 heteroatoms. The fourth-order valence-corrected chi connectivity index (χ4v) is 2.72. The van der Waals surface area contributed by atoms with Gasteiger partial charge < -0.3 is 9.30 Å². The Balaban J connectivity index is 2.25. The zero-order valence-electron chi connectivity index (χ0n) is 13.3. The van der Waals surface area contributed by atoms with Crippen molar-refractivity contribution < 1.29 is 13.9 Å². The summed E-state index contributed by atoms with van der Waals surface area (Å²) >= 11 is 5.87. The molecule has 0 unspecified atom stereocenters. The standard InChI is InChI=1S/C18H14ClFN2O3/c1-2-25-18(24)13-10-22(9-11-4-3-5-21-8-11)16-7-14(19)15(20)6-12(16)17(13)23/h3-8,10H,2,9H2,1H3. The van der Waals surface area contributed by atoms with E-state index in [4.69, 9.17) is 16.3 Å². The van der Waals surface area contributed by atoms with Gasteiger partial charge in [0.25, 0.3) is 0 Å². The maximum atomic E-state index is 13.9. The molecule has 0 saturated heterocycles. The maximum absolute atomic E-state index is 13.9. The second kappa shape index (κ2) is 7.03.